The summed E-state index contributed by atoms with van der Waals surface area (Å²) in [6.45, 7) is 2.41. The fourth-order valence-electron chi connectivity index (χ4n) is 1.24. The number of rotatable bonds is 0. The molecule has 0 spiro atoms. The highest BCUT2D eigenvalue weighted by molar-refractivity contribution is 4.58. The lowest BCUT2D eigenvalue weighted by Crippen LogP contribution is -2.18. The van der Waals surface area contributed by atoms with Crippen molar-refractivity contribution in [1.29, 1.82) is 0 Å². The second-order valence-corrected chi connectivity index (χ2v) is 2.58. The van der Waals surface area contributed by atoms with Crippen molar-refractivity contribution in [2.24, 2.45) is 0 Å². The Balaban J connectivity index is 1.96. The third kappa shape index (κ3) is 1.90. The molecule has 0 aliphatic carbocycles. The summed E-state index contributed by atoms with van der Waals surface area (Å²) < 4.78 is 21.3. The van der Waals surface area contributed by atoms with Gasteiger partial charge in [-0.25, -0.2) is 0 Å². The molecule has 4 heteroatoms. The Hall–Kier alpha value is -0.160. The maximum Gasteiger partial charge on any atom is 0.162 e. The molecule has 2 saturated heterocycles. The van der Waals surface area contributed by atoms with Gasteiger partial charge in [0.1, 0.15) is 0 Å². The van der Waals surface area contributed by atoms with Gasteiger partial charge in [-0.2, -0.15) is 0 Å². The van der Waals surface area contributed by atoms with Gasteiger partial charge in [0.25, 0.3) is 0 Å². The maximum absolute atomic E-state index is 5.33. The lowest BCUT2D eigenvalue weighted by Gasteiger charge is -2.12. The van der Waals surface area contributed by atoms with Gasteiger partial charge in [0, 0.05) is 6.42 Å². The van der Waals surface area contributed by atoms with E-state index in [9.17, 15) is 0 Å². The van der Waals surface area contributed by atoms with Crippen LogP contribution in [-0.4, -0.2) is 39.0 Å². The van der Waals surface area contributed by atoms with E-state index in [0.29, 0.717) is 32.8 Å². The molecular weight excluding hydrogens is 148 g/mol. The second-order valence-electron chi connectivity index (χ2n) is 2.58. The first-order chi connectivity index (χ1) is 5.45. The van der Waals surface area contributed by atoms with Crippen LogP contribution in [0.25, 0.3) is 0 Å². The molecule has 0 N–H and O–H groups in total. The molecular formula is C7H12O4. The van der Waals surface area contributed by atoms with Gasteiger partial charge in [0.05, 0.1) is 26.4 Å². The van der Waals surface area contributed by atoms with Crippen LogP contribution in [-0.2, 0) is 18.9 Å². The zero-order valence-corrected chi connectivity index (χ0v) is 6.32. The van der Waals surface area contributed by atoms with Gasteiger partial charge >= 0.3 is 0 Å². The molecule has 0 atom stereocenters. The Labute approximate surface area is 65.4 Å². The summed E-state index contributed by atoms with van der Waals surface area (Å²) in [7, 11) is 0. The molecule has 0 saturated carbocycles. The van der Waals surface area contributed by atoms with Gasteiger partial charge < -0.3 is 18.9 Å². The van der Waals surface area contributed by atoms with Crippen LogP contribution in [0.3, 0.4) is 0 Å². The molecule has 11 heavy (non-hydrogen) atoms. The lowest BCUT2D eigenvalue weighted by molar-refractivity contribution is -0.139. The number of hydrogen-bond acceptors (Lipinski definition) is 4. The molecule has 0 amide bonds. The first kappa shape index (κ1) is 7.49. The normalized spacial score (nSPS) is 39.3. The molecule has 2 heterocycles. The highest BCUT2D eigenvalue weighted by Crippen LogP contribution is 2.15. The van der Waals surface area contributed by atoms with E-state index in [4.69, 9.17) is 18.9 Å². The highest BCUT2D eigenvalue weighted by atomic mass is 16.7. The quantitative estimate of drug-likeness (QED) is 0.504. The minimum Gasteiger partial charge on any atom is -0.350 e. The second kappa shape index (κ2) is 3.49. The third-order valence-electron chi connectivity index (χ3n) is 1.77. The summed E-state index contributed by atoms with van der Waals surface area (Å²) in [5.74, 6) is 0. The molecule has 2 rings (SSSR count). The largest absolute Gasteiger partial charge is 0.350 e. The SMILES string of the molecule is C1COC2CC(O1)OCCO2. The van der Waals surface area contributed by atoms with E-state index in [0.717, 1.165) is 0 Å². The maximum atomic E-state index is 5.33. The zero-order valence-electron chi connectivity index (χ0n) is 6.32. The fourth-order valence-corrected chi connectivity index (χ4v) is 1.24. The monoisotopic (exact) mass is 160 g/mol. The Morgan fingerprint density at radius 3 is 1.36 bits per heavy atom. The molecule has 4 nitrogen and oxygen atoms in total. The van der Waals surface area contributed by atoms with Crippen LogP contribution in [0.2, 0.25) is 0 Å². The van der Waals surface area contributed by atoms with E-state index in [1.807, 2.05) is 0 Å². The van der Waals surface area contributed by atoms with Crippen molar-refractivity contribution < 1.29 is 18.9 Å². The topological polar surface area (TPSA) is 36.9 Å². The predicted octanol–water partition coefficient (Wildman–Crippen LogP) is 0.122. The van der Waals surface area contributed by atoms with Crippen molar-refractivity contribution >= 4 is 0 Å². The van der Waals surface area contributed by atoms with Crippen LogP contribution in [0.1, 0.15) is 6.42 Å². The van der Waals surface area contributed by atoms with Crippen LogP contribution in [0.15, 0.2) is 0 Å². The van der Waals surface area contributed by atoms with Gasteiger partial charge in [0.15, 0.2) is 12.6 Å². The van der Waals surface area contributed by atoms with Gasteiger partial charge in [-0.1, -0.05) is 0 Å². The predicted molar refractivity (Wildman–Crippen MR) is 36.0 cm³/mol. The molecule has 0 aromatic carbocycles. The van der Waals surface area contributed by atoms with Crippen LogP contribution < -0.4 is 0 Å². The van der Waals surface area contributed by atoms with E-state index < -0.39 is 0 Å². The van der Waals surface area contributed by atoms with Crippen LogP contribution in [0.4, 0.5) is 0 Å². The summed E-state index contributed by atoms with van der Waals surface area (Å²) >= 11 is 0. The zero-order chi connectivity index (χ0) is 7.52. The Morgan fingerprint density at radius 1 is 0.636 bits per heavy atom. The van der Waals surface area contributed by atoms with Gasteiger partial charge in [-0.05, 0) is 0 Å². The van der Waals surface area contributed by atoms with Crippen molar-refractivity contribution in [1.82, 2.24) is 0 Å². The van der Waals surface area contributed by atoms with Crippen molar-refractivity contribution in [2.45, 2.75) is 19.0 Å². The van der Waals surface area contributed by atoms with Crippen LogP contribution in [0.5, 0.6) is 0 Å². The molecule has 64 valence electrons. The van der Waals surface area contributed by atoms with Crippen molar-refractivity contribution in [3.8, 4) is 0 Å². The number of fused-ring (bicyclic) bond motifs is 2. The van der Waals surface area contributed by atoms with Crippen molar-refractivity contribution in [2.75, 3.05) is 26.4 Å². The molecule has 2 bridgehead atoms. The van der Waals surface area contributed by atoms with Crippen molar-refractivity contribution in [3.05, 3.63) is 0 Å². The average molecular weight is 160 g/mol. The minimum atomic E-state index is -0.120. The van der Waals surface area contributed by atoms with E-state index in [1.165, 1.54) is 0 Å². The molecule has 2 aliphatic rings. The summed E-state index contributed by atoms with van der Waals surface area (Å²) in [5.41, 5.74) is 0. The Morgan fingerprint density at radius 2 is 1.00 bits per heavy atom. The first-order valence-electron chi connectivity index (χ1n) is 3.91. The van der Waals surface area contributed by atoms with Gasteiger partial charge in [0.2, 0.25) is 0 Å². The van der Waals surface area contributed by atoms with Crippen LogP contribution in [0, 0.1) is 0 Å². The minimum absolute atomic E-state index is 0.120. The highest BCUT2D eigenvalue weighted by Gasteiger charge is 2.24. The summed E-state index contributed by atoms with van der Waals surface area (Å²) in [4.78, 5) is 0. The van der Waals surface area contributed by atoms with E-state index in [-0.39, 0.29) is 12.6 Å². The van der Waals surface area contributed by atoms with E-state index >= 15 is 0 Å². The molecule has 0 aromatic rings. The number of hydrogen-bond donors (Lipinski definition) is 0. The molecule has 0 unspecified atom stereocenters. The van der Waals surface area contributed by atoms with Crippen LogP contribution >= 0.6 is 0 Å². The lowest BCUT2D eigenvalue weighted by atomic mass is 10.4. The fraction of sp³-hybridized carbons (Fsp3) is 1.00. The number of ether oxygens (including phenoxy) is 4. The summed E-state index contributed by atoms with van der Waals surface area (Å²) in [6, 6.07) is 0. The standard InChI is InChI=1S/C7H12O4/c1-2-9-7-5-6(8-1)10-3-4-11-7/h6-7H,1-5H2. The third-order valence-corrected chi connectivity index (χ3v) is 1.77. The Bertz CT molecular complexity index is 102. The summed E-state index contributed by atoms with van der Waals surface area (Å²) in [6.07, 6.45) is 0.454. The molecule has 2 aliphatic heterocycles. The van der Waals surface area contributed by atoms with E-state index in [2.05, 4.69) is 0 Å². The van der Waals surface area contributed by atoms with Crippen molar-refractivity contribution in [3.63, 3.8) is 0 Å². The van der Waals surface area contributed by atoms with Gasteiger partial charge in [-0.15, -0.1) is 0 Å². The summed E-state index contributed by atoms with van der Waals surface area (Å²) in [5, 5.41) is 0. The average Bonchev–Trinajstić information content (AvgIpc) is 2.36. The Kier molecular flexibility index (Phi) is 2.38. The molecule has 0 radical (unpaired) electrons. The molecule has 0 aromatic heterocycles. The van der Waals surface area contributed by atoms with Gasteiger partial charge in [-0.3, -0.25) is 0 Å². The first-order valence-corrected chi connectivity index (χ1v) is 3.91. The molecule has 2 fully saturated rings. The smallest absolute Gasteiger partial charge is 0.162 e. The van der Waals surface area contributed by atoms with E-state index in [1.54, 1.807) is 0 Å².